The lowest BCUT2D eigenvalue weighted by Gasteiger charge is -2.26. The van der Waals surface area contributed by atoms with Gasteiger partial charge in [-0.3, -0.25) is 5.32 Å². The molecule has 4 nitrogen and oxygen atoms in total. The molecular weight excluding hydrogens is 264 g/mol. The molecule has 98 valence electrons. The molecule has 1 aliphatic carbocycles. The molecule has 1 fully saturated rings. The van der Waals surface area contributed by atoms with Gasteiger partial charge in [-0.15, -0.1) is 0 Å². The Morgan fingerprint density at radius 2 is 2.33 bits per heavy atom. The summed E-state index contributed by atoms with van der Waals surface area (Å²) < 4.78 is 5.25. The average molecular weight is 282 g/mol. The van der Waals surface area contributed by atoms with Crippen molar-refractivity contribution in [3.63, 3.8) is 0 Å². The molecule has 0 radical (unpaired) electrons. The van der Waals surface area contributed by atoms with Crippen LogP contribution in [0.4, 0.5) is 0 Å². The number of nitrogens with zero attached hydrogens (tertiary/aromatic N) is 3. The second-order valence-electron chi connectivity index (χ2n) is 4.51. The van der Waals surface area contributed by atoms with Crippen LogP contribution in [-0.4, -0.2) is 27.2 Å². The van der Waals surface area contributed by atoms with Gasteiger partial charge in [0.2, 0.25) is 0 Å². The van der Waals surface area contributed by atoms with Crippen LogP contribution in [-0.2, 0) is 6.42 Å². The molecule has 0 saturated heterocycles. The third kappa shape index (κ3) is 3.02. The van der Waals surface area contributed by atoms with E-state index in [-0.39, 0.29) is 5.54 Å². The summed E-state index contributed by atoms with van der Waals surface area (Å²) in [5, 5.41) is 12.9. The molecule has 1 heterocycles. The van der Waals surface area contributed by atoms with Gasteiger partial charge in [0.1, 0.15) is 11.4 Å². The van der Waals surface area contributed by atoms with Crippen LogP contribution in [0.3, 0.4) is 0 Å². The molecule has 0 aliphatic heterocycles. The molecule has 1 aromatic heterocycles. The number of aromatic nitrogens is 2. The predicted octanol–water partition coefficient (Wildman–Crippen LogP) is 2.47. The SMILES string of the molecule is CCNC(C#N)(CSc1nc(CC)ns1)C1CC1. The van der Waals surface area contributed by atoms with Gasteiger partial charge in [-0.05, 0) is 36.8 Å². The third-order valence-electron chi connectivity index (χ3n) is 3.16. The Hall–Kier alpha value is -0.640. The van der Waals surface area contributed by atoms with Crippen LogP contribution in [0, 0.1) is 17.2 Å². The van der Waals surface area contributed by atoms with E-state index in [9.17, 15) is 5.26 Å². The van der Waals surface area contributed by atoms with E-state index in [1.165, 1.54) is 11.5 Å². The zero-order valence-electron chi connectivity index (χ0n) is 10.8. The highest BCUT2D eigenvalue weighted by Gasteiger charge is 2.45. The van der Waals surface area contributed by atoms with Crippen LogP contribution in [0.25, 0.3) is 0 Å². The number of thioether (sulfide) groups is 1. The maximum absolute atomic E-state index is 9.49. The molecule has 1 unspecified atom stereocenters. The Morgan fingerprint density at radius 3 is 2.83 bits per heavy atom. The van der Waals surface area contributed by atoms with Gasteiger partial charge >= 0.3 is 0 Å². The summed E-state index contributed by atoms with van der Waals surface area (Å²) in [6.45, 7) is 4.94. The third-order valence-corrected chi connectivity index (χ3v) is 5.22. The van der Waals surface area contributed by atoms with E-state index in [0.717, 1.165) is 41.7 Å². The molecule has 1 aromatic rings. The van der Waals surface area contributed by atoms with Crippen molar-refractivity contribution in [2.45, 2.75) is 43.0 Å². The number of nitrogens with one attached hydrogen (secondary N) is 1. The minimum Gasteiger partial charge on any atom is -0.299 e. The first-order valence-corrected chi connectivity index (χ1v) is 8.11. The highest BCUT2D eigenvalue weighted by Crippen LogP contribution is 2.42. The van der Waals surface area contributed by atoms with Crippen LogP contribution in [0.5, 0.6) is 0 Å². The minimum atomic E-state index is -0.378. The van der Waals surface area contributed by atoms with Crippen molar-refractivity contribution in [2.75, 3.05) is 12.3 Å². The Labute approximate surface area is 116 Å². The van der Waals surface area contributed by atoms with E-state index < -0.39 is 0 Å². The van der Waals surface area contributed by atoms with Crippen LogP contribution >= 0.6 is 23.3 Å². The molecule has 0 amide bonds. The first-order chi connectivity index (χ1) is 8.74. The molecule has 0 aromatic carbocycles. The van der Waals surface area contributed by atoms with Crippen molar-refractivity contribution in [1.82, 2.24) is 14.7 Å². The predicted molar refractivity (Wildman–Crippen MR) is 74.8 cm³/mol. The van der Waals surface area contributed by atoms with Gasteiger partial charge < -0.3 is 0 Å². The van der Waals surface area contributed by atoms with E-state index in [0.29, 0.717) is 5.92 Å². The van der Waals surface area contributed by atoms with Gasteiger partial charge in [-0.2, -0.15) is 9.64 Å². The fourth-order valence-electron chi connectivity index (χ4n) is 1.98. The van der Waals surface area contributed by atoms with Crippen molar-refractivity contribution in [1.29, 1.82) is 5.26 Å². The standard InChI is InChI=1S/C12H18N4S2/c1-3-10-15-11(18-16-10)17-8-12(7-13,14-4-2)9-5-6-9/h9,14H,3-6,8H2,1-2H3. The zero-order valence-corrected chi connectivity index (χ0v) is 12.4. The summed E-state index contributed by atoms with van der Waals surface area (Å²) in [4.78, 5) is 4.44. The monoisotopic (exact) mass is 282 g/mol. The molecule has 18 heavy (non-hydrogen) atoms. The summed E-state index contributed by atoms with van der Waals surface area (Å²) in [5.74, 6) is 2.17. The summed E-state index contributed by atoms with van der Waals surface area (Å²) in [6.07, 6.45) is 3.20. The smallest absolute Gasteiger partial charge is 0.170 e. The van der Waals surface area contributed by atoms with Crippen LogP contribution in [0.2, 0.25) is 0 Å². The van der Waals surface area contributed by atoms with E-state index >= 15 is 0 Å². The fraction of sp³-hybridized carbons (Fsp3) is 0.750. The maximum atomic E-state index is 9.49. The van der Waals surface area contributed by atoms with Gasteiger partial charge in [-0.25, -0.2) is 4.98 Å². The van der Waals surface area contributed by atoms with Crippen molar-refractivity contribution in [3.8, 4) is 6.07 Å². The topological polar surface area (TPSA) is 61.6 Å². The molecule has 2 rings (SSSR count). The van der Waals surface area contributed by atoms with Crippen molar-refractivity contribution >= 4 is 23.3 Å². The maximum Gasteiger partial charge on any atom is 0.170 e. The second-order valence-corrected chi connectivity index (χ2v) is 6.48. The number of hydrogen-bond donors (Lipinski definition) is 1. The van der Waals surface area contributed by atoms with Gasteiger partial charge in [-0.1, -0.05) is 25.6 Å². The summed E-state index contributed by atoms with van der Waals surface area (Å²) in [6, 6.07) is 2.49. The molecule has 1 aliphatic rings. The minimum absolute atomic E-state index is 0.378. The molecule has 1 saturated carbocycles. The zero-order chi connectivity index (χ0) is 13.0. The van der Waals surface area contributed by atoms with Crippen LogP contribution in [0.15, 0.2) is 4.34 Å². The van der Waals surface area contributed by atoms with E-state index in [4.69, 9.17) is 0 Å². The Balaban J connectivity index is 1.99. The van der Waals surface area contributed by atoms with Crippen molar-refractivity contribution in [2.24, 2.45) is 5.92 Å². The quantitative estimate of drug-likeness (QED) is 0.778. The Kier molecular flexibility index (Phi) is 4.60. The molecule has 0 spiro atoms. The van der Waals surface area contributed by atoms with E-state index in [1.54, 1.807) is 11.8 Å². The largest absolute Gasteiger partial charge is 0.299 e. The molecular formula is C12H18N4S2. The summed E-state index contributed by atoms with van der Waals surface area (Å²) >= 11 is 3.10. The highest BCUT2D eigenvalue weighted by molar-refractivity contribution is 8.01. The molecule has 1 atom stereocenters. The van der Waals surface area contributed by atoms with Gasteiger partial charge in [0.25, 0.3) is 0 Å². The second kappa shape index (κ2) is 6.00. The molecule has 6 heteroatoms. The van der Waals surface area contributed by atoms with Crippen molar-refractivity contribution < 1.29 is 0 Å². The normalized spacial score (nSPS) is 18.3. The summed E-state index contributed by atoms with van der Waals surface area (Å²) in [7, 11) is 0. The Bertz CT molecular complexity index is 436. The van der Waals surface area contributed by atoms with Gasteiger partial charge in [0, 0.05) is 12.2 Å². The van der Waals surface area contributed by atoms with Gasteiger partial charge in [0.15, 0.2) is 4.34 Å². The average Bonchev–Trinajstić information content (AvgIpc) is 3.14. The van der Waals surface area contributed by atoms with Crippen molar-refractivity contribution in [3.05, 3.63) is 5.82 Å². The number of rotatable bonds is 7. The lowest BCUT2D eigenvalue weighted by Crippen LogP contribution is -2.48. The number of aryl methyl sites for hydroxylation is 1. The van der Waals surface area contributed by atoms with Crippen LogP contribution < -0.4 is 5.32 Å². The fourth-order valence-corrected chi connectivity index (χ4v) is 3.91. The van der Waals surface area contributed by atoms with Gasteiger partial charge in [0.05, 0.1) is 6.07 Å². The lowest BCUT2D eigenvalue weighted by molar-refractivity contribution is 0.416. The first kappa shape index (κ1) is 13.8. The molecule has 0 bridgehead atoms. The number of nitriles is 1. The first-order valence-electron chi connectivity index (χ1n) is 6.35. The number of hydrogen-bond acceptors (Lipinski definition) is 6. The highest BCUT2D eigenvalue weighted by atomic mass is 32.2. The van der Waals surface area contributed by atoms with E-state index in [1.807, 2.05) is 0 Å². The lowest BCUT2D eigenvalue weighted by atomic mass is 9.98. The Morgan fingerprint density at radius 1 is 1.56 bits per heavy atom. The van der Waals surface area contributed by atoms with E-state index in [2.05, 4.69) is 34.6 Å². The summed E-state index contributed by atoms with van der Waals surface area (Å²) in [5.41, 5.74) is -0.378. The van der Waals surface area contributed by atoms with Crippen LogP contribution in [0.1, 0.15) is 32.5 Å². The molecule has 1 N–H and O–H groups in total.